The summed E-state index contributed by atoms with van der Waals surface area (Å²) in [7, 11) is 0. The van der Waals surface area contributed by atoms with Crippen molar-refractivity contribution < 1.29 is 4.79 Å². The highest BCUT2D eigenvalue weighted by Crippen LogP contribution is 2.19. The lowest BCUT2D eigenvalue weighted by atomic mass is 10.1. The van der Waals surface area contributed by atoms with E-state index in [1.807, 2.05) is 26.0 Å². The van der Waals surface area contributed by atoms with E-state index in [-0.39, 0.29) is 5.91 Å². The van der Waals surface area contributed by atoms with Crippen molar-refractivity contribution in [2.45, 2.75) is 20.4 Å². The van der Waals surface area contributed by atoms with Gasteiger partial charge in [0.1, 0.15) is 0 Å². The van der Waals surface area contributed by atoms with Crippen LogP contribution in [-0.2, 0) is 6.54 Å². The lowest BCUT2D eigenvalue weighted by molar-refractivity contribution is 0.102. The van der Waals surface area contributed by atoms with Gasteiger partial charge in [-0.15, -0.1) is 0 Å². The van der Waals surface area contributed by atoms with Crippen LogP contribution in [-0.4, -0.2) is 15.7 Å². The zero-order chi connectivity index (χ0) is 13.1. The molecule has 1 aromatic carbocycles. The number of aromatic nitrogens is 2. The number of aryl methyl sites for hydroxylation is 2. The van der Waals surface area contributed by atoms with E-state index in [0.717, 1.165) is 16.6 Å². The van der Waals surface area contributed by atoms with Crippen LogP contribution in [0.25, 0.3) is 0 Å². The summed E-state index contributed by atoms with van der Waals surface area (Å²) < 4.78 is 2.56. The zero-order valence-electron chi connectivity index (χ0n) is 10.3. The molecule has 0 fully saturated rings. The number of nitrogens with one attached hydrogen (secondary N) is 1. The molecule has 94 valence electrons. The second-order valence-corrected chi connectivity index (χ2v) is 4.88. The van der Waals surface area contributed by atoms with Crippen molar-refractivity contribution in [3.8, 4) is 0 Å². The number of anilines is 1. The monoisotopic (exact) mass is 307 g/mol. The molecule has 0 bridgehead atoms. The molecule has 2 aromatic rings. The van der Waals surface area contributed by atoms with Gasteiger partial charge in [-0.25, -0.2) is 0 Å². The lowest BCUT2D eigenvalue weighted by Gasteiger charge is -2.05. The Labute approximate surface area is 114 Å². The SMILES string of the molecule is CCn1cc(NC(=O)c2ccc(C)cc2Br)cn1. The predicted octanol–water partition coefficient (Wildman–Crippen LogP) is 3.23. The summed E-state index contributed by atoms with van der Waals surface area (Å²) >= 11 is 3.40. The Morgan fingerprint density at radius 3 is 2.89 bits per heavy atom. The molecule has 1 heterocycles. The Balaban J connectivity index is 2.16. The van der Waals surface area contributed by atoms with Crippen molar-refractivity contribution in [3.63, 3.8) is 0 Å². The Morgan fingerprint density at radius 1 is 1.50 bits per heavy atom. The average Bonchev–Trinajstić information content (AvgIpc) is 2.76. The van der Waals surface area contributed by atoms with E-state index in [1.165, 1.54) is 0 Å². The smallest absolute Gasteiger partial charge is 0.256 e. The van der Waals surface area contributed by atoms with Gasteiger partial charge >= 0.3 is 0 Å². The van der Waals surface area contributed by atoms with E-state index < -0.39 is 0 Å². The van der Waals surface area contributed by atoms with Crippen LogP contribution in [0.1, 0.15) is 22.8 Å². The topological polar surface area (TPSA) is 46.9 Å². The molecule has 4 nitrogen and oxygen atoms in total. The third-order valence-electron chi connectivity index (χ3n) is 2.58. The van der Waals surface area contributed by atoms with Gasteiger partial charge in [-0.05, 0) is 47.5 Å². The molecule has 18 heavy (non-hydrogen) atoms. The molecular formula is C13H14BrN3O. The van der Waals surface area contributed by atoms with Crippen molar-refractivity contribution in [1.82, 2.24) is 9.78 Å². The van der Waals surface area contributed by atoms with Gasteiger partial charge in [-0.3, -0.25) is 9.48 Å². The minimum absolute atomic E-state index is 0.141. The van der Waals surface area contributed by atoms with Gasteiger partial charge in [0.15, 0.2) is 0 Å². The Kier molecular flexibility index (Phi) is 3.81. The quantitative estimate of drug-likeness (QED) is 0.946. The second kappa shape index (κ2) is 5.35. The van der Waals surface area contributed by atoms with E-state index in [4.69, 9.17) is 0 Å². The predicted molar refractivity (Wildman–Crippen MR) is 74.7 cm³/mol. The number of benzene rings is 1. The summed E-state index contributed by atoms with van der Waals surface area (Å²) in [5.41, 5.74) is 2.43. The number of rotatable bonds is 3. The molecule has 1 aromatic heterocycles. The molecule has 1 amide bonds. The molecule has 2 rings (SSSR count). The fraction of sp³-hybridized carbons (Fsp3) is 0.231. The molecule has 0 aliphatic carbocycles. The van der Waals surface area contributed by atoms with Gasteiger partial charge in [0, 0.05) is 17.2 Å². The first kappa shape index (κ1) is 12.8. The molecule has 0 saturated carbocycles. The molecule has 0 atom stereocenters. The highest BCUT2D eigenvalue weighted by atomic mass is 79.9. The maximum absolute atomic E-state index is 12.1. The number of halogens is 1. The lowest BCUT2D eigenvalue weighted by Crippen LogP contribution is -2.12. The van der Waals surface area contributed by atoms with E-state index in [1.54, 1.807) is 23.1 Å². The summed E-state index contributed by atoms with van der Waals surface area (Å²) in [5, 5.41) is 6.93. The number of carbonyl (C=O) groups excluding carboxylic acids is 1. The largest absolute Gasteiger partial charge is 0.319 e. The highest BCUT2D eigenvalue weighted by Gasteiger charge is 2.10. The molecule has 0 spiro atoms. The minimum atomic E-state index is -0.141. The van der Waals surface area contributed by atoms with Crippen molar-refractivity contribution >= 4 is 27.5 Å². The summed E-state index contributed by atoms with van der Waals surface area (Å²) in [6.45, 7) is 4.76. The highest BCUT2D eigenvalue weighted by molar-refractivity contribution is 9.10. The minimum Gasteiger partial charge on any atom is -0.319 e. The summed E-state index contributed by atoms with van der Waals surface area (Å²) in [4.78, 5) is 12.1. The zero-order valence-corrected chi connectivity index (χ0v) is 11.9. The van der Waals surface area contributed by atoms with Crippen LogP contribution in [0.5, 0.6) is 0 Å². The summed E-state index contributed by atoms with van der Waals surface area (Å²) in [5.74, 6) is -0.141. The van der Waals surface area contributed by atoms with E-state index in [2.05, 4.69) is 26.3 Å². The number of amides is 1. The Morgan fingerprint density at radius 2 is 2.28 bits per heavy atom. The van der Waals surface area contributed by atoms with Gasteiger partial charge in [-0.2, -0.15) is 5.10 Å². The maximum atomic E-state index is 12.1. The molecule has 1 N–H and O–H groups in total. The van der Waals surface area contributed by atoms with Crippen LogP contribution < -0.4 is 5.32 Å². The molecule has 5 heteroatoms. The first-order chi connectivity index (χ1) is 8.60. The van der Waals surface area contributed by atoms with E-state index >= 15 is 0 Å². The van der Waals surface area contributed by atoms with Gasteiger partial charge in [0.25, 0.3) is 5.91 Å². The first-order valence-electron chi connectivity index (χ1n) is 5.70. The number of hydrogen-bond donors (Lipinski definition) is 1. The molecule has 0 saturated heterocycles. The summed E-state index contributed by atoms with van der Waals surface area (Å²) in [6, 6.07) is 5.64. The fourth-order valence-corrected chi connectivity index (χ4v) is 2.28. The van der Waals surface area contributed by atoms with Crippen molar-refractivity contribution in [1.29, 1.82) is 0 Å². The average molecular weight is 308 g/mol. The molecular weight excluding hydrogens is 294 g/mol. The van der Waals surface area contributed by atoms with Crippen LogP contribution in [0, 0.1) is 6.92 Å². The fourth-order valence-electron chi connectivity index (χ4n) is 1.60. The third-order valence-corrected chi connectivity index (χ3v) is 3.24. The molecule has 0 aliphatic heterocycles. The number of nitrogens with zero attached hydrogens (tertiary/aromatic N) is 2. The van der Waals surface area contributed by atoms with Gasteiger partial charge in [0.2, 0.25) is 0 Å². The number of carbonyl (C=O) groups is 1. The Hall–Kier alpha value is -1.62. The first-order valence-corrected chi connectivity index (χ1v) is 6.49. The maximum Gasteiger partial charge on any atom is 0.256 e. The standard InChI is InChI=1S/C13H14BrN3O/c1-3-17-8-10(7-15-17)16-13(18)11-5-4-9(2)6-12(11)14/h4-8H,3H2,1-2H3,(H,16,18). The van der Waals surface area contributed by atoms with Crippen molar-refractivity contribution in [2.24, 2.45) is 0 Å². The molecule has 0 unspecified atom stereocenters. The van der Waals surface area contributed by atoms with Crippen LogP contribution in [0.3, 0.4) is 0 Å². The molecule has 0 aliphatic rings. The van der Waals surface area contributed by atoms with Crippen LogP contribution >= 0.6 is 15.9 Å². The van der Waals surface area contributed by atoms with Crippen LogP contribution in [0.4, 0.5) is 5.69 Å². The van der Waals surface area contributed by atoms with E-state index in [0.29, 0.717) is 11.3 Å². The molecule has 0 radical (unpaired) electrons. The number of hydrogen-bond acceptors (Lipinski definition) is 2. The summed E-state index contributed by atoms with van der Waals surface area (Å²) in [6.07, 6.45) is 3.45. The normalized spacial score (nSPS) is 10.4. The van der Waals surface area contributed by atoms with Gasteiger partial charge in [-0.1, -0.05) is 6.07 Å². The second-order valence-electron chi connectivity index (χ2n) is 4.02. The van der Waals surface area contributed by atoms with Crippen LogP contribution in [0.2, 0.25) is 0 Å². The third kappa shape index (κ3) is 2.79. The van der Waals surface area contributed by atoms with Crippen molar-refractivity contribution in [2.75, 3.05) is 5.32 Å². The van der Waals surface area contributed by atoms with Gasteiger partial charge < -0.3 is 5.32 Å². The Bertz CT molecular complexity index is 577. The van der Waals surface area contributed by atoms with Gasteiger partial charge in [0.05, 0.1) is 17.4 Å². The van der Waals surface area contributed by atoms with Crippen molar-refractivity contribution in [3.05, 3.63) is 46.2 Å². The van der Waals surface area contributed by atoms with Crippen LogP contribution in [0.15, 0.2) is 35.1 Å². The van der Waals surface area contributed by atoms with E-state index in [9.17, 15) is 4.79 Å².